The van der Waals surface area contributed by atoms with Gasteiger partial charge in [-0.2, -0.15) is 0 Å². The van der Waals surface area contributed by atoms with Crippen LogP contribution in [-0.4, -0.2) is 8.42 Å². The van der Waals surface area contributed by atoms with Crippen LogP contribution in [0.3, 0.4) is 0 Å². The molecule has 0 radical (unpaired) electrons. The van der Waals surface area contributed by atoms with Gasteiger partial charge in [0.2, 0.25) is 0 Å². The Bertz CT molecular complexity index is 657. The zero-order valence-corrected chi connectivity index (χ0v) is 10.1. The third kappa shape index (κ3) is 2.60. The van der Waals surface area contributed by atoms with Gasteiger partial charge in [-0.25, -0.2) is 12.8 Å². The first-order valence-electron chi connectivity index (χ1n) is 5.12. The molecule has 0 heterocycles. The van der Waals surface area contributed by atoms with Gasteiger partial charge in [0, 0.05) is 6.07 Å². The Balaban J connectivity index is 2.37. The van der Waals surface area contributed by atoms with E-state index in [9.17, 15) is 12.8 Å². The summed E-state index contributed by atoms with van der Waals surface area (Å²) >= 11 is 0. The highest BCUT2D eigenvalue weighted by atomic mass is 32.2. The lowest BCUT2D eigenvalue weighted by atomic mass is 10.3. The molecule has 0 aliphatic carbocycles. The fourth-order valence-electron chi connectivity index (χ4n) is 1.42. The largest absolute Gasteiger partial charge is 0.397 e. The first-order chi connectivity index (χ1) is 8.49. The van der Waals surface area contributed by atoms with Crippen LogP contribution < -0.4 is 10.5 Å². The van der Waals surface area contributed by atoms with Crippen molar-refractivity contribution in [1.82, 2.24) is 0 Å². The van der Waals surface area contributed by atoms with Crippen molar-refractivity contribution in [1.29, 1.82) is 0 Å². The highest BCUT2D eigenvalue weighted by molar-refractivity contribution is 7.92. The molecule has 0 aromatic heterocycles. The third-order valence-electron chi connectivity index (χ3n) is 2.31. The van der Waals surface area contributed by atoms with Crippen LogP contribution in [0, 0.1) is 5.82 Å². The van der Waals surface area contributed by atoms with Crippen LogP contribution in [0.25, 0.3) is 0 Å². The van der Waals surface area contributed by atoms with E-state index < -0.39 is 15.8 Å². The monoisotopic (exact) mass is 266 g/mol. The second-order valence-corrected chi connectivity index (χ2v) is 5.33. The molecule has 94 valence electrons. The van der Waals surface area contributed by atoms with E-state index in [-0.39, 0.29) is 16.3 Å². The summed E-state index contributed by atoms with van der Waals surface area (Å²) in [5.74, 6) is -0.560. The first-order valence-corrected chi connectivity index (χ1v) is 6.60. The number of sulfonamides is 1. The zero-order valence-electron chi connectivity index (χ0n) is 9.30. The van der Waals surface area contributed by atoms with Crippen LogP contribution in [0.1, 0.15) is 0 Å². The molecule has 0 aliphatic rings. The average molecular weight is 266 g/mol. The van der Waals surface area contributed by atoms with Gasteiger partial charge in [-0.3, -0.25) is 4.72 Å². The van der Waals surface area contributed by atoms with Crippen molar-refractivity contribution >= 4 is 21.4 Å². The molecule has 0 bridgehead atoms. The molecule has 0 amide bonds. The number of hydrogen-bond donors (Lipinski definition) is 2. The molecule has 3 N–H and O–H groups in total. The van der Waals surface area contributed by atoms with Gasteiger partial charge in [-0.05, 0) is 24.3 Å². The minimum Gasteiger partial charge on any atom is -0.397 e. The van der Waals surface area contributed by atoms with Crippen molar-refractivity contribution in [2.75, 3.05) is 10.5 Å². The van der Waals surface area contributed by atoms with Gasteiger partial charge in [0.05, 0.1) is 16.3 Å². The Morgan fingerprint density at radius 3 is 2.39 bits per heavy atom. The Kier molecular flexibility index (Phi) is 3.20. The Hall–Kier alpha value is -2.08. The number of halogens is 1. The maximum atomic E-state index is 13.0. The molecule has 2 aromatic rings. The summed E-state index contributed by atoms with van der Waals surface area (Å²) < 4.78 is 39.2. The van der Waals surface area contributed by atoms with Crippen LogP contribution >= 0.6 is 0 Å². The van der Waals surface area contributed by atoms with E-state index in [1.165, 1.54) is 18.2 Å². The van der Waals surface area contributed by atoms with Crippen molar-refractivity contribution in [3.63, 3.8) is 0 Å². The Morgan fingerprint density at radius 2 is 1.72 bits per heavy atom. The van der Waals surface area contributed by atoms with Crippen molar-refractivity contribution in [2.24, 2.45) is 0 Å². The normalized spacial score (nSPS) is 11.2. The summed E-state index contributed by atoms with van der Waals surface area (Å²) in [5.41, 5.74) is 5.77. The fraction of sp³-hybridized carbons (Fsp3) is 0. The van der Waals surface area contributed by atoms with Gasteiger partial charge in [-0.1, -0.05) is 18.2 Å². The average Bonchev–Trinajstić information content (AvgIpc) is 2.35. The molecule has 0 saturated heterocycles. The molecule has 2 aromatic carbocycles. The van der Waals surface area contributed by atoms with Gasteiger partial charge in [0.1, 0.15) is 5.82 Å². The lowest BCUT2D eigenvalue weighted by Crippen LogP contribution is -2.14. The van der Waals surface area contributed by atoms with Crippen LogP contribution in [0.2, 0.25) is 0 Å². The molecule has 0 aliphatic heterocycles. The maximum Gasteiger partial charge on any atom is 0.261 e. The molecule has 18 heavy (non-hydrogen) atoms. The number of nitrogens with one attached hydrogen (secondary N) is 1. The molecule has 0 spiro atoms. The number of rotatable bonds is 3. The van der Waals surface area contributed by atoms with Crippen LogP contribution in [0.5, 0.6) is 0 Å². The molecule has 6 heteroatoms. The van der Waals surface area contributed by atoms with Crippen molar-refractivity contribution in [3.05, 3.63) is 54.3 Å². The van der Waals surface area contributed by atoms with E-state index in [2.05, 4.69) is 4.72 Å². The summed E-state index contributed by atoms with van der Waals surface area (Å²) in [4.78, 5) is 0.0914. The van der Waals surface area contributed by atoms with Crippen molar-refractivity contribution < 1.29 is 12.8 Å². The Morgan fingerprint density at radius 1 is 1.06 bits per heavy atom. The van der Waals surface area contributed by atoms with Crippen LogP contribution in [0.4, 0.5) is 15.8 Å². The van der Waals surface area contributed by atoms with E-state index >= 15 is 0 Å². The fourth-order valence-corrected chi connectivity index (χ4v) is 2.52. The SMILES string of the molecule is Nc1ccc(F)cc1NS(=O)(=O)c1ccccc1. The van der Waals surface area contributed by atoms with E-state index in [1.807, 2.05) is 0 Å². The smallest absolute Gasteiger partial charge is 0.261 e. The van der Waals surface area contributed by atoms with E-state index in [0.29, 0.717) is 0 Å². The summed E-state index contributed by atoms with van der Waals surface area (Å²) in [5, 5.41) is 0. The lowest BCUT2D eigenvalue weighted by molar-refractivity contribution is 0.601. The molecule has 0 fully saturated rings. The number of hydrogen-bond acceptors (Lipinski definition) is 3. The number of benzene rings is 2. The highest BCUT2D eigenvalue weighted by Gasteiger charge is 2.15. The van der Waals surface area contributed by atoms with Crippen molar-refractivity contribution in [3.8, 4) is 0 Å². The zero-order chi connectivity index (χ0) is 13.2. The second kappa shape index (κ2) is 4.66. The summed E-state index contributed by atoms with van der Waals surface area (Å²) in [6.45, 7) is 0. The van der Waals surface area contributed by atoms with Gasteiger partial charge in [0.15, 0.2) is 0 Å². The highest BCUT2D eigenvalue weighted by Crippen LogP contribution is 2.22. The molecule has 0 atom stereocenters. The number of nitrogens with two attached hydrogens (primary N) is 1. The van der Waals surface area contributed by atoms with E-state index in [1.54, 1.807) is 18.2 Å². The minimum absolute atomic E-state index is 0.0267. The third-order valence-corrected chi connectivity index (χ3v) is 3.69. The van der Waals surface area contributed by atoms with Gasteiger partial charge in [0.25, 0.3) is 10.0 Å². The van der Waals surface area contributed by atoms with E-state index in [0.717, 1.165) is 12.1 Å². The second-order valence-electron chi connectivity index (χ2n) is 3.65. The van der Waals surface area contributed by atoms with Gasteiger partial charge in [-0.15, -0.1) is 0 Å². The molecule has 2 rings (SSSR count). The molecule has 0 unspecified atom stereocenters. The Labute approximate surface area is 104 Å². The first kappa shape index (κ1) is 12.4. The quantitative estimate of drug-likeness (QED) is 0.837. The van der Waals surface area contributed by atoms with Gasteiger partial charge < -0.3 is 5.73 Å². The van der Waals surface area contributed by atoms with Crippen LogP contribution in [-0.2, 0) is 10.0 Å². The topological polar surface area (TPSA) is 72.2 Å². The molecular formula is C12H11FN2O2S. The number of anilines is 2. The summed E-state index contributed by atoms with van der Waals surface area (Å²) in [6, 6.07) is 11.3. The molecular weight excluding hydrogens is 255 g/mol. The molecule has 0 saturated carbocycles. The minimum atomic E-state index is -3.75. The predicted octanol–water partition coefficient (Wildman–Crippen LogP) is 2.21. The maximum absolute atomic E-state index is 13.0. The summed E-state index contributed by atoms with van der Waals surface area (Å²) in [6.07, 6.45) is 0. The molecule has 4 nitrogen and oxygen atoms in total. The van der Waals surface area contributed by atoms with Gasteiger partial charge >= 0.3 is 0 Å². The predicted molar refractivity (Wildman–Crippen MR) is 68.1 cm³/mol. The lowest BCUT2D eigenvalue weighted by Gasteiger charge is -2.10. The van der Waals surface area contributed by atoms with E-state index in [4.69, 9.17) is 5.73 Å². The standard InChI is InChI=1S/C12H11FN2O2S/c13-9-6-7-11(14)12(8-9)15-18(16,17)10-4-2-1-3-5-10/h1-8,15H,14H2. The number of nitrogen functional groups attached to an aromatic ring is 1. The van der Waals surface area contributed by atoms with Crippen LogP contribution in [0.15, 0.2) is 53.4 Å². The summed E-state index contributed by atoms with van der Waals surface area (Å²) in [7, 11) is -3.75. The van der Waals surface area contributed by atoms with Crippen molar-refractivity contribution in [2.45, 2.75) is 4.90 Å².